The van der Waals surface area contributed by atoms with Crippen molar-refractivity contribution in [2.75, 3.05) is 34.3 Å². The number of rotatable bonds is 23. The number of hydrogen-bond acceptors (Lipinski definition) is 5. The Labute approximate surface area is 377 Å². The maximum atomic E-state index is 13.5. The van der Waals surface area contributed by atoms with Crippen molar-refractivity contribution in [1.29, 1.82) is 0 Å². The van der Waals surface area contributed by atoms with Crippen molar-refractivity contribution in [1.82, 2.24) is 0 Å². The fraction of sp³-hybridized carbons (Fsp3) is 0.439. The van der Waals surface area contributed by atoms with Gasteiger partial charge in [-0.25, -0.2) is 4.39 Å². The van der Waals surface area contributed by atoms with Crippen LogP contribution in [-0.2, 0) is 5.41 Å². The van der Waals surface area contributed by atoms with E-state index in [-0.39, 0.29) is 5.82 Å². The van der Waals surface area contributed by atoms with Crippen LogP contribution in [0, 0.1) is 17.7 Å². The van der Waals surface area contributed by atoms with Crippen LogP contribution in [0.1, 0.15) is 159 Å². The van der Waals surface area contributed by atoms with Crippen LogP contribution in [0.25, 0.3) is 0 Å². The molecule has 63 heavy (non-hydrogen) atoms. The van der Waals surface area contributed by atoms with Gasteiger partial charge in [0.05, 0.1) is 11.4 Å². The van der Waals surface area contributed by atoms with Crippen LogP contribution in [0.5, 0.6) is 0 Å². The molecular weight excluding hydrogens is 774 g/mol. The summed E-state index contributed by atoms with van der Waals surface area (Å²) in [6, 6.07) is 35.4. The largest absolute Gasteiger partial charge is 0.341 e. The van der Waals surface area contributed by atoms with Gasteiger partial charge in [-0.3, -0.25) is 0 Å². The molecule has 0 atom stereocenters. The van der Waals surface area contributed by atoms with Gasteiger partial charge >= 0.3 is 0 Å². The summed E-state index contributed by atoms with van der Waals surface area (Å²) in [6.07, 6.45) is 22.8. The Morgan fingerprint density at radius 1 is 0.413 bits per heavy atom. The number of hydrogen-bond donors (Lipinski definition) is 0. The first kappa shape index (κ1) is 44.2. The first-order chi connectivity index (χ1) is 31.1. The Balaban J connectivity index is 1.26. The fourth-order valence-electron chi connectivity index (χ4n) is 10.3. The molecule has 3 aliphatic rings. The molecular formula is C57H68FN5. The molecule has 0 aliphatic carbocycles. The van der Waals surface area contributed by atoms with Crippen LogP contribution in [0.3, 0.4) is 0 Å². The van der Waals surface area contributed by atoms with Gasteiger partial charge < -0.3 is 14.7 Å². The van der Waals surface area contributed by atoms with E-state index in [2.05, 4.69) is 124 Å². The zero-order chi connectivity index (χ0) is 43.4. The quantitative estimate of drug-likeness (QED) is 0.0373. The highest BCUT2D eigenvalue weighted by molar-refractivity contribution is 6.02. The molecule has 0 amide bonds. The maximum absolute atomic E-state index is 13.5. The average Bonchev–Trinajstić information content (AvgIpc) is 3.31. The van der Waals surface area contributed by atoms with E-state index in [4.69, 9.17) is 0 Å². The van der Waals surface area contributed by atoms with Crippen molar-refractivity contribution in [3.05, 3.63) is 131 Å². The van der Waals surface area contributed by atoms with Crippen molar-refractivity contribution in [2.24, 2.45) is 10.2 Å². The summed E-state index contributed by atoms with van der Waals surface area (Å²) in [6.45, 7) is 9.86. The molecule has 0 unspecified atom stereocenters. The summed E-state index contributed by atoms with van der Waals surface area (Å²) < 4.78 is 13.5. The highest BCUT2D eigenvalue weighted by Crippen LogP contribution is 2.66. The molecule has 8 rings (SSSR count). The lowest BCUT2D eigenvalue weighted by Crippen LogP contribution is -2.47. The first-order valence-electron chi connectivity index (χ1n) is 24.6. The predicted octanol–water partition coefficient (Wildman–Crippen LogP) is 17.1. The van der Waals surface area contributed by atoms with E-state index in [9.17, 15) is 4.39 Å². The predicted molar refractivity (Wildman–Crippen MR) is 264 cm³/mol. The number of halogens is 1. The van der Waals surface area contributed by atoms with Crippen LogP contribution in [0.2, 0.25) is 0 Å². The molecule has 3 heterocycles. The molecule has 0 spiro atoms. The molecule has 6 heteroatoms. The minimum atomic E-state index is -0.669. The number of unbranched alkanes of at least 4 members (excludes halogenated alkanes) is 15. The monoisotopic (exact) mass is 842 g/mol. The molecule has 5 aromatic carbocycles. The number of anilines is 6. The maximum Gasteiger partial charge on any atom is 0.123 e. The van der Waals surface area contributed by atoms with Gasteiger partial charge in [0, 0.05) is 76.0 Å². The average molecular weight is 842 g/mol. The van der Waals surface area contributed by atoms with E-state index in [0.29, 0.717) is 5.69 Å². The summed E-state index contributed by atoms with van der Waals surface area (Å²) in [7, 11) is 0. The highest BCUT2D eigenvalue weighted by Gasteiger charge is 2.55. The van der Waals surface area contributed by atoms with E-state index in [1.165, 1.54) is 159 Å². The van der Waals surface area contributed by atoms with Crippen molar-refractivity contribution >= 4 is 45.5 Å². The Morgan fingerprint density at radius 2 is 0.730 bits per heavy atom. The molecule has 0 bridgehead atoms. The molecule has 5 nitrogen and oxygen atoms in total. The van der Waals surface area contributed by atoms with E-state index < -0.39 is 5.41 Å². The number of nitrogens with zero attached hydrogens (tertiary/aromatic N) is 5. The van der Waals surface area contributed by atoms with Crippen LogP contribution < -0.4 is 14.7 Å². The Hall–Kier alpha value is -5.41. The lowest BCUT2D eigenvalue weighted by molar-refractivity contribution is 0.598. The zero-order valence-electron chi connectivity index (χ0n) is 38.3. The molecule has 0 radical (unpaired) electrons. The van der Waals surface area contributed by atoms with Gasteiger partial charge in [0.2, 0.25) is 0 Å². The van der Waals surface area contributed by atoms with E-state index in [1.54, 1.807) is 12.1 Å². The van der Waals surface area contributed by atoms with Gasteiger partial charge in [0.1, 0.15) is 11.2 Å². The third kappa shape index (κ3) is 9.45. The second kappa shape index (κ2) is 21.3. The molecule has 0 N–H and O–H groups in total. The molecule has 0 saturated heterocycles. The van der Waals surface area contributed by atoms with E-state index in [1.807, 2.05) is 12.1 Å². The number of azo groups is 1. The Bertz CT molecular complexity index is 2130. The van der Waals surface area contributed by atoms with Gasteiger partial charge in [0.25, 0.3) is 0 Å². The fourth-order valence-corrected chi connectivity index (χ4v) is 10.3. The Morgan fingerprint density at radius 3 is 1.08 bits per heavy atom. The summed E-state index contributed by atoms with van der Waals surface area (Å²) in [5.41, 5.74) is 13.5. The molecule has 0 fully saturated rings. The van der Waals surface area contributed by atoms with Crippen LogP contribution in [-0.4, -0.2) is 19.6 Å². The van der Waals surface area contributed by atoms with Crippen LogP contribution in [0.4, 0.5) is 49.9 Å². The smallest absolute Gasteiger partial charge is 0.123 e. The lowest BCUT2D eigenvalue weighted by atomic mass is 9.61. The highest BCUT2D eigenvalue weighted by atomic mass is 19.1. The zero-order valence-corrected chi connectivity index (χ0v) is 38.3. The second-order valence-electron chi connectivity index (χ2n) is 18.0. The minimum Gasteiger partial charge on any atom is -0.341 e. The Kier molecular flexibility index (Phi) is 15.0. The van der Waals surface area contributed by atoms with Crippen molar-refractivity contribution < 1.29 is 4.39 Å². The molecule has 3 aliphatic heterocycles. The van der Waals surface area contributed by atoms with Gasteiger partial charge in [-0.1, -0.05) is 147 Å². The van der Waals surface area contributed by atoms with Gasteiger partial charge in [-0.05, 0) is 104 Å². The molecule has 328 valence electrons. The summed E-state index contributed by atoms with van der Waals surface area (Å²) in [4.78, 5) is 8.01. The lowest BCUT2D eigenvalue weighted by Gasteiger charge is -2.54. The standard InChI is InChI=1S/C57H68FN5/c1-4-7-10-13-16-19-41-61-48-25-22-27-50-54(48)57(40-39-44-31-35-46(36-32-44)59-60-47-37-33-45(58)34-38-47)55-49(61)26-23-28-51(55)63(43-21-18-15-12-9-6-3)53-30-24-29-52(56(53)57)62(50)42-20-17-14-11-8-5-2/h22-38H,4-21,41-43H2,1-3H3. The summed E-state index contributed by atoms with van der Waals surface area (Å²) in [5, 5.41) is 8.80. The van der Waals surface area contributed by atoms with E-state index >= 15 is 0 Å². The van der Waals surface area contributed by atoms with Gasteiger partial charge in [-0.2, -0.15) is 10.2 Å². The van der Waals surface area contributed by atoms with Crippen molar-refractivity contribution in [2.45, 2.75) is 142 Å². The molecule has 5 aromatic rings. The third-order valence-corrected chi connectivity index (χ3v) is 13.5. The van der Waals surface area contributed by atoms with Crippen molar-refractivity contribution in [3.8, 4) is 11.8 Å². The third-order valence-electron chi connectivity index (χ3n) is 13.5. The number of benzene rings is 5. The molecule has 0 saturated carbocycles. The van der Waals surface area contributed by atoms with Gasteiger partial charge in [-0.15, -0.1) is 0 Å². The van der Waals surface area contributed by atoms with Crippen molar-refractivity contribution in [3.63, 3.8) is 0 Å². The van der Waals surface area contributed by atoms with E-state index in [0.717, 1.165) is 50.1 Å². The SMILES string of the molecule is CCCCCCCCN1c2cccc3c2C2(C#Cc4ccc(N=Nc5ccc(F)cc5)cc4)c4c1cccc4N(CCCCCCCC)c1cccc(c12)N3CCCCCCCC. The van der Waals surface area contributed by atoms with Gasteiger partial charge in [0.15, 0.2) is 0 Å². The minimum absolute atomic E-state index is 0.285. The normalized spacial score (nSPS) is 13.9. The van der Waals surface area contributed by atoms with Crippen LogP contribution >= 0.6 is 0 Å². The first-order valence-corrected chi connectivity index (χ1v) is 24.6. The molecule has 0 aromatic heterocycles. The summed E-state index contributed by atoms with van der Waals surface area (Å²) >= 11 is 0. The second-order valence-corrected chi connectivity index (χ2v) is 18.0. The topological polar surface area (TPSA) is 34.4 Å². The summed E-state index contributed by atoms with van der Waals surface area (Å²) in [5.74, 6) is 7.65. The van der Waals surface area contributed by atoms with Crippen LogP contribution in [0.15, 0.2) is 113 Å².